The van der Waals surface area contributed by atoms with E-state index in [-0.39, 0.29) is 6.61 Å². The molecule has 2 N–H and O–H groups in total. The van der Waals surface area contributed by atoms with Crippen molar-refractivity contribution in [1.29, 1.82) is 0 Å². The molecule has 1 aromatic rings. The van der Waals surface area contributed by atoms with Gasteiger partial charge in [0.2, 0.25) is 0 Å². The van der Waals surface area contributed by atoms with Gasteiger partial charge in [-0.25, -0.2) is 0 Å². The number of rotatable bonds is 7. The van der Waals surface area contributed by atoms with Gasteiger partial charge in [-0.3, -0.25) is 0 Å². The van der Waals surface area contributed by atoms with Crippen molar-refractivity contribution in [3.05, 3.63) is 27.7 Å². The molecule has 19 heavy (non-hydrogen) atoms. The van der Waals surface area contributed by atoms with Crippen LogP contribution < -0.4 is 10.1 Å². The maximum atomic E-state index is 9.78. The summed E-state index contributed by atoms with van der Waals surface area (Å²) in [7, 11) is 0. The molecular formula is C15H24BrNO2. The topological polar surface area (TPSA) is 41.5 Å². The van der Waals surface area contributed by atoms with Crippen molar-refractivity contribution in [2.75, 3.05) is 13.2 Å². The van der Waals surface area contributed by atoms with Crippen LogP contribution in [-0.2, 0) is 6.54 Å². The molecule has 0 saturated heterocycles. The number of hydrogen-bond acceptors (Lipinski definition) is 3. The van der Waals surface area contributed by atoms with Crippen LogP contribution in [0.15, 0.2) is 16.6 Å². The van der Waals surface area contributed by atoms with Gasteiger partial charge in [0.25, 0.3) is 0 Å². The number of aryl methyl sites for hydroxylation is 1. The molecule has 0 fully saturated rings. The molecule has 4 heteroatoms. The molecule has 3 nitrogen and oxygen atoms in total. The van der Waals surface area contributed by atoms with E-state index in [1.807, 2.05) is 13.0 Å². The van der Waals surface area contributed by atoms with Gasteiger partial charge in [-0.1, -0.05) is 22.9 Å². The van der Waals surface area contributed by atoms with Crippen LogP contribution in [0.4, 0.5) is 0 Å². The van der Waals surface area contributed by atoms with E-state index in [1.165, 1.54) is 0 Å². The van der Waals surface area contributed by atoms with E-state index < -0.39 is 5.60 Å². The second kappa shape index (κ2) is 7.27. The number of halogens is 1. The SMILES string of the molecule is CCCNCc1cc(Br)cc(C)c1OCC(C)(C)O. The smallest absolute Gasteiger partial charge is 0.126 e. The Kier molecular flexibility index (Phi) is 6.30. The third kappa shape index (κ3) is 5.93. The fourth-order valence-corrected chi connectivity index (χ4v) is 2.41. The summed E-state index contributed by atoms with van der Waals surface area (Å²) < 4.78 is 6.86. The van der Waals surface area contributed by atoms with Gasteiger partial charge in [0.05, 0.1) is 5.60 Å². The minimum absolute atomic E-state index is 0.288. The first kappa shape index (κ1) is 16.5. The van der Waals surface area contributed by atoms with Crippen LogP contribution in [0.1, 0.15) is 38.3 Å². The van der Waals surface area contributed by atoms with Crippen molar-refractivity contribution in [1.82, 2.24) is 5.32 Å². The highest BCUT2D eigenvalue weighted by Crippen LogP contribution is 2.28. The summed E-state index contributed by atoms with van der Waals surface area (Å²) in [4.78, 5) is 0. The van der Waals surface area contributed by atoms with Crippen molar-refractivity contribution in [3.63, 3.8) is 0 Å². The van der Waals surface area contributed by atoms with Crippen molar-refractivity contribution >= 4 is 15.9 Å². The Labute approximate surface area is 124 Å². The Hall–Kier alpha value is -0.580. The molecule has 0 spiro atoms. The maximum absolute atomic E-state index is 9.78. The molecule has 0 unspecified atom stereocenters. The van der Waals surface area contributed by atoms with E-state index in [0.29, 0.717) is 0 Å². The molecule has 0 saturated carbocycles. The van der Waals surface area contributed by atoms with Crippen LogP contribution >= 0.6 is 15.9 Å². The van der Waals surface area contributed by atoms with Crippen molar-refractivity contribution in [3.8, 4) is 5.75 Å². The monoisotopic (exact) mass is 329 g/mol. The highest BCUT2D eigenvalue weighted by atomic mass is 79.9. The van der Waals surface area contributed by atoms with Crippen LogP contribution in [0.3, 0.4) is 0 Å². The Balaban J connectivity index is 2.86. The van der Waals surface area contributed by atoms with E-state index in [2.05, 4.69) is 34.2 Å². The van der Waals surface area contributed by atoms with E-state index >= 15 is 0 Å². The van der Waals surface area contributed by atoms with Gasteiger partial charge in [-0.2, -0.15) is 0 Å². The third-order valence-electron chi connectivity index (χ3n) is 2.63. The van der Waals surface area contributed by atoms with Crippen molar-refractivity contribution in [2.45, 2.75) is 46.3 Å². The molecule has 0 atom stereocenters. The van der Waals surface area contributed by atoms with Crippen molar-refractivity contribution in [2.24, 2.45) is 0 Å². The summed E-state index contributed by atoms with van der Waals surface area (Å²) in [5.41, 5.74) is 1.37. The summed E-state index contributed by atoms with van der Waals surface area (Å²) in [6.45, 7) is 9.70. The zero-order valence-electron chi connectivity index (χ0n) is 12.2. The van der Waals surface area contributed by atoms with Crippen LogP contribution in [0, 0.1) is 6.92 Å². The van der Waals surface area contributed by atoms with Gasteiger partial charge in [-0.05, 0) is 51.4 Å². The maximum Gasteiger partial charge on any atom is 0.126 e. The molecule has 0 bridgehead atoms. The molecular weight excluding hydrogens is 306 g/mol. The minimum atomic E-state index is -0.826. The van der Waals surface area contributed by atoms with E-state index in [4.69, 9.17) is 4.74 Å². The lowest BCUT2D eigenvalue weighted by atomic mass is 10.1. The van der Waals surface area contributed by atoms with E-state index in [0.717, 1.165) is 40.9 Å². The minimum Gasteiger partial charge on any atom is -0.490 e. The molecule has 0 aromatic heterocycles. The van der Waals surface area contributed by atoms with Crippen molar-refractivity contribution < 1.29 is 9.84 Å². The largest absolute Gasteiger partial charge is 0.490 e. The summed E-state index contributed by atoms with van der Waals surface area (Å²) in [6, 6.07) is 4.10. The lowest BCUT2D eigenvalue weighted by molar-refractivity contribution is 0.0279. The molecule has 0 amide bonds. The Morgan fingerprint density at radius 3 is 2.63 bits per heavy atom. The lowest BCUT2D eigenvalue weighted by Crippen LogP contribution is -2.28. The van der Waals surface area contributed by atoms with Gasteiger partial charge in [0.1, 0.15) is 12.4 Å². The third-order valence-corrected chi connectivity index (χ3v) is 3.09. The lowest BCUT2D eigenvalue weighted by Gasteiger charge is -2.21. The highest BCUT2D eigenvalue weighted by Gasteiger charge is 2.16. The number of ether oxygens (including phenoxy) is 1. The first-order valence-corrected chi connectivity index (χ1v) is 7.47. The molecule has 108 valence electrons. The summed E-state index contributed by atoms with van der Waals surface area (Å²) in [5, 5.41) is 13.2. The number of benzene rings is 1. The number of aliphatic hydroxyl groups is 1. The second-order valence-corrected chi connectivity index (χ2v) is 6.40. The Morgan fingerprint density at radius 2 is 2.05 bits per heavy atom. The fraction of sp³-hybridized carbons (Fsp3) is 0.600. The quantitative estimate of drug-likeness (QED) is 0.753. The Morgan fingerprint density at radius 1 is 1.37 bits per heavy atom. The van der Waals surface area contributed by atoms with E-state index in [9.17, 15) is 5.11 Å². The molecule has 1 aromatic carbocycles. The van der Waals surface area contributed by atoms with Crippen LogP contribution in [0.5, 0.6) is 5.75 Å². The predicted molar refractivity (Wildman–Crippen MR) is 82.7 cm³/mol. The average molecular weight is 330 g/mol. The molecule has 0 radical (unpaired) electrons. The molecule has 0 heterocycles. The molecule has 0 aliphatic heterocycles. The summed E-state index contributed by atoms with van der Waals surface area (Å²) >= 11 is 3.51. The first-order valence-electron chi connectivity index (χ1n) is 6.68. The normalized spacial score (nSPS) is 11.7. The second-order valence-electron chi connectivity index (χ2n) is 5.49. The number of hydrogen-bond donors (Lipinski definition) is 2. The highest BCUT2D eigenvalue weighted by molar-refractivity contribution is 9.10. The fourth-order valence-electron chi connectivity index (χ4n) is 1.79. The van der Waals surface area contributed by atoms with Gasteiger partial charge in [0, 0.05) is 16.6 Å². The van der Waals surface area contributed by atoms with Gasteiger partial charge >= 0.3 is 0 Å². The van der Waals surface area contributed by atoms with Crippen LogP contribution in [-0.4, -0.2) is 23.9 Å². The molecule has 0 aliphatic carbocycles. The summed E-state index contributed by atoms with van der Waals surface area (Å²) in [6.07, 6.45) is 1.10. The Bertz CT molecular complexity index is 413. The van der Waals surface area contributed by atoms with Gasteiger partial charge in [-0.15, -0.1) is 0 Å². The predicted octanol–water partition coefficient (Wildman–Crippen LogP) is 3.41. The van der Waals surface area contributed by atoms with Gasteiger partial charge < -0.3 is 15.2 Å². The average Bonchev–Trinajstić information content (AvgIpc) is 2.26. The van der Waals surface area contributed by atoms with Crippen LogP contribution in [0.2, 0.25) is 0 Å². The summed E-state index contributed by atoms with van der Waals surface area (Å²) in [5.74, 6) is 0.869. The van der Waals surface area contributed by atoms with E-state index in [1.54, 1.807) is 13.8 Å². The van der Waals surface area contributed by atoms with Gasteiger partial charge in [0.15, 0.2) is 0 Å². The number of nitrogens with one attached hydrogen (secondary N) is 1. The molecule has 0 aliphatic rings. The van der Waals surface area contributed by atoms with Crippen LogP contribution in [0.25, 0.3) is 0 Å². The molecule has 1 rings (SSSR count). The zero-order valence-corrected chi connectivity index (χ0v) is 13.8. The first-order chi connectivity index (χ1) is 8.83. The standard InChI is InChI=1S/C15H24BrNO2/c1-5-6-17-9-12-8-13(16)7-11(2)14(12)19-10-15(3,4)18/h7-8,17-18H,5-6,9-10H2,1-4H3. The zero-order chi connectivity index (χ0) is 14.5.